The quantitative estimate of drug-likeness (QED) is 0.185. The summed E-state index contributed by atoms with van der Waals surface area (Å²) in [5, 5.41) is 10.8. The molecule has 49 heavy (non-hydrogen) atoms. The number of hydrogen-bond donors (Lipinski definition) is 2. The molecule has 0 aromatic carbocycles. The Bertz CT molecular complexity index is 1950. The Morgan fingerprint density at radius 2 is 1.61 bits per heavy atom. The number of aliphatic imine (C=N–C) groups is 3. The molecule has 5 rings (SSSR count). The van der Waals surface area contributed by atoms with Gasteiger partial charge in [0.2, 0.25) is 0 Å². The van der Waals surface area contributed by atoms with Crippen LogP contribution in [0, 0.1) is 18.8 Å². The van der Waals surface area contributed by atoms with Gasteiger partial charge < -0.3 is 24.3 Å². The molecule has 0 amide bonds. The van der Waals surface area contributed by atoms with Gasteiger partial charge in [0.15, 0.2) is 0 Å². The van der Waals surface area contributed by atoms with Crippen LogP contribution in [-0.2, 0) is 35.0 Å². The van der Waals surface area contributed by atoms with Gasteiger partial charge in [-0.2, -0.15) is 0 Å². The number of aliphatic hydroxyl groups is 1. The van der Waals surface area contributed by atoms with E-state index in [-0.39, 0.29) is 30.0 Å². The third-order valence-electron chi connectivity index (χ3n) is 9.77. The van der Waals surface area contributed by atoms with Crippen LogP contribution in [0.15, 0.2) is 84.4 Å². The first kappa shape index (κ1) is 35.0. The molecule has 8 bridgehead atoms. The fraction of sp³-hybridized carbons (Fsp3) is 0.368. The number of nitrogens with one attached hydrogen (secondary N) is 1. The molecule has 1 aromatic heterocycles. The van der Waals surface area contributed by atoms with Crippen LogP contribution in [0.25, 0.3) is 12.2 Å². The number of aromatic amines is 1. The van der Waals surface area contributed by atoms with Crippen LogP contribution in [0.4, 0.5) is 0 Å². The van der Waals surface area contributed by atoms with Gasteiger partial charge in [0.1, 0.15) is 0 Å². The highest BCUT2D eigenvalue weighted by atomic mass is 16.5. The van der Waals surface area contributed by atoms with E-state index in [1.165, 1.54) is 21.3 Å². The van der Waals surface area contributed by atoms with E-state index in [0.29, 0.717) is 51.7 Å². The summed E-state index contributed by atoms with van der Waals surface area (Å²) in [4.78, 5) is 57.6. The largest absolute Gasteiger partial charge is 0.515 e. The molecule has 5 heterocycles. The van der Waals surface area contributed by atoms with Gasteiger partial charge in [-0.25, -0.2) is 14.8 Å². The number of allylic oxidation sites excluding steroid dienone is 5. The topological polar surface area (TPSA) is 152 Å². The smallest absolute Gasteiger partial charge is 0.340 e. The van der Waals surface area contributed by atoms with Gasteiger partial charge in [0.05, 0.1) is 79.4 Å². The van der Waals surface area contributed by atoms with Crippen molar-refractivity contribution >= 4 is 47.2 Å². The summed E-state index contributed by atoms with van der Waals surface area (Å²) < 4.78 is 15.3. The minimum atomic E-state index is -0.619. The molecule has 11 heteroatoms. The second-order valence-electron chi connectivity index (χ2n) is 12.3. The molecule has 0 radical (unpaired) electrons. The van der Waals surface area contributed by atoms with E-state index >= 15 is 0 Å². The lowest BCUT2D eigenvalue weighted by Crippen LogP contribution is -2.24. The van der Waals surface area contributed by atoms with Crippen LogP contribution >= 0.6 is 0 Å². The normalized spacial score (nSPS) is 21.0. The second kappa shape index (κ2) is 14.0. The lowest BCUT2D eigenvalue weighted by atomic mass is 9.81. The first-order valence-corrected chi connectivity index (χ1v) is 16.2. The van der Waals surface area contributed by atoms with Gasteiger partial charge in [-0.15, -0.1) is 0 Å². The predicted octanol–water partition coefficient (Wildman–Crippen LogP) is 6.40. The molecule has 2 atom stereocenters. The summed E-state index contributed by atoms with van der Waals surface area (Å²) in [6.45, 7) is 13.8. The minimum Gasteiger partial charge on any atom is -0.515 e. The lowest BCUT2D eigenvalue weighted by Gasteiger charge is -2.21. The summed E-state index contributed by atoms with van der Waals surface area (Å²) in [6.07, 6.45) is 7.44. The minimum absolute atomic E-state index is 0.0687. The third-order valence-corrected chi connectivity index (χ3v) is 9.77. The second-order valence-corrected chi connectivity index (χ2v) is 12.3. The highest BCUT2D eigenvalue weighted by Gasteiger charge is 2.41. The maximum absolute atomic E-state index is 13.5. The van der Waals surface area contributed by atoms with Gasteiger partial charge in [0, 0.05) is 40.8 Å². The van der Waals surface area contributed by atoms with Crippen molar-refractivity contribution in [3.63, 3.8) is 0 Å². The number of ether oxygens (including phenoxy) is 3. The lowest BCUT2D eigenvalue weighted by molar-refractivity contribution is -0.141. The monoisotopic (exact) mass is 666 g/mol. The van der Waals surface area contributed by atoms with Crippen LogP contribution in [0.1, 0.15) is 69.5 Å². The van der Waals surface area contributed by atoms with Gasteiger partial charge >= 0.3 is 17.9 Å². The van der Waals surface area contributed by atoms with Crippen LogP contribution in [-0.4, -0.2) is 66.5 Å². The SMILES string of the molecule is C=CC1=C(C)C2=NC1=Cc1[nH]c(c(CC)c1C)C=C1N=C(C(CC(=O)OC)=C3N=C(C2=CO)[C@@H](C)[C@@H]3CCC(=O)OC)C(C(=O)OC)=C1C. The van der Waals surface area contributed by atoms with Crippen LogP contribution < -0.4 is 0 Å². The zero-order valence-electron chi connectivity index (χ0n) is 29.2. The maximum Gasteiger partial charge on any atom is 0.340 e. The molecule has 1 aromatic rings. The Kier molecular flexibility index (Phi) is 10.0. The zero-order chi connectivity index (χ0) is 35.7. The van der Waals surface area contributed by atoms with E-state index in [0.717, 1.165) is 46.3 Å². The number of hydrogen-bond acceptors (Lipinski definition) is 10. The average molecular weight is 667 g/mol. The molecule has 11 nitrogen and oxygen atoms in total. The summed E-state index contributed by atoms with van der Waals surface area (Å²) in [5.74, 6) is -2.39. The number of esters is 3. The van der Waals surface area contributed by atoms with E-state index in [2.05, 4.69) is 18.5 Å². The van der Waals surface area contributed by atoms with E-state index < -0.39 is 23.8 Å². The average Bonchev–Trinajstić information content (AvgIpc) is 3.79. The van der Waals surface area contributed by atoms with Crippen molar-refractivity contribution in [1.82, 2.24) is 4.98 Å². The molecule has 4 aliphatic rings. The van der Waals surface area contributed by atoms with E-state index in [9.17, 15) is 19.5 Å². The van der Waals surface area contributed by atoms with Crippen LogP contribution in [0.5, 0.6) is 0 Å². The fourth-order valence-electron chi connectivity index (χ4n) is 7.03. The number of rotatable bonds is 8. The Hall–Kier alpha value is -5.32. The number of carbonyl (C=O) groups is 3. The number of aliphatic hydroxyl groups excluding tert-OH is 1. The van der Waals surface area contributed by atoms with Crippen molar-refractivity contribution in [1.29, 1.82) is 0 Å². The van der Waals surface area contributed by atoms with Gasteiger partial charge in [0.25, 0.3) is 0 Å². The standard InChI is InChI=1S/C38H42N4O7/c1-10-22-18(3)27-15-30-23(11-2)19(4)34(41-30)26(17-43)35-20(5)24(12-13-31(44)47-7)36(42-35)25(14-32(45)48-8)37-33(38(46)49-9)21(6)28(40-37)16-29(22)39-27/h11,15-17,20,24,39,43H,2,10,12-14H2,1,3-9H3/t20-,24-/m0/s1. The molecule has 4 aliphatic heterocycles. The molecule has 256 valence electrons. The van der Waals surface area contributed by atoms with Crippen LogP contribution in [0.3, 0.4) is 0 Å². The van der Waals surface area contributed by atoms with Gasteiger partial charge in [-0.3, -0.25) is 14.6 Å². The van der Waals surface area contributed by atoms with E-state index in [4.69, 9.17) is 29.2 Å². The molecule has 0 unspecified atom stereocenters. The number of carbonyl (C=O) groups excluding carboxylic acids is 3. The number of aromatic nitrogens is 1. The summed E-state index contributed by atoms with van der Waals surface area (Å²) in [5.41, 5.74) is 9.79. The number of nitrogens with zero attached hydrogens (tertiary/aromatic N) is 3. The summed E-state index contributed by atoms with van der Waals surface area (Å²) in [7, 11) is 3.91. The number of methoxy groups -OCH3 is 3. The molecular weight excluding hydrogens is 624 g/mol. The predicted molar refractivity (Wildman–Crippen MR) is 189 cm³/mol. The number of fused-ring (bicyclic) bond motifs is 5. The highest BCUT2D eigenvalue weighted by Crippen LogP contribution is 2.44. The van der Waals surface area contributed by atoms with E-state index in [1.807, 2.05) is 32.9 Å². The highest BCUT2D eigenvalue weighted by molar-refractivity contribution is 6.34. The van der Waals surface area contributed by atoms with Gasteiger partial charge in [-0.1, -0.05) is 26.5 Å². The molecule has 0 saturated heterocycles. The van der Waals surface area contributed by atoms with Crippen molar-refractivity contribution < 1.29 is 33.7 Å². The van der Waals surface area contributed by atoms with Crippen molar-refractivity contribution in [2.24, 2.45) is 26.8 Å². The third kappa shape index (κ3) is 6.09. The zero-order valence-corrected chi connectivity index (χ0v) is 29.2. The van der Waals surface area contributed by atoms with Crippen molar-refractivity contribution in [2.75, 3.05) is 21.3 Å². The molecular formula is C38H42N4O7. The summed E-state index contributed by atoms with van der Waals surface area (Å²) in [6, 6.07) is 0. The molecule has 0 spiro atoms. The number of H-pyrrole nitrogens is 1. The Labute approximate surface area is 286 Å². The fourth-order valence-corrected chi connectivity index (χ4v) is 7.03. The molecule has 0 fully saturated rings. The molecule has 2 N–H and O–H groups in total. The molecule has 0 saturated carbocycles. The maximum atomic E-state index is 13.5. The van der Waals surface area contributed by atoms with Gasteiger partial charge in [-0.05, 0) is 68.0 Å². The van der Waals surface area contributed by atoms with Crippen LogP contribution in [0.2, 0.25) is 0 Å². The van der Waals surface area contributed by atoms with Crippen molar-refractivity contribution in [3.8, 4) is 0 Å². The Balaban J connectivity index is 1.93. The first-order chi connectivity index (χ1) is 23.4. The Morgan fingerprint density at radius 1 is 0.939 bits per heavy atom. The summed E-state index contributed by atoms with van der Waals surface area (Å²) >= 11 is 0. The van der Waals surface area contributed by atoms with Crippen molar-refractivity contribution in [3.05, 3.63) is 92.0 Å². The van der Waals surface area contributed by atoms with E-state index in [1.54, 1.807) is 13.0 Å². The Morgan fingerprint density at radius 3 is 2.22 bits per heavy atom. The first-order valence-electron chi connectivity index (χ1n) is 16.2. The molecule has 0 aliphatic carbocycles. The van der Waals surface area contributed by atoms with Crippen molar-refractivity contribution in [2.45, 2.75) is 60.3 Å².